The molecule has 0 saturated carbocycles. The lowest BCUT2D eigenvalue weighted by Crippen LogP contribution is -1.98. The summed E-state index contributed by atoms with van der Waals surface area (Å²) in [6, 6.07) is 12.8. The molecular formula is C14H12ClN3. The lowest BCUT2D eigenvalue weighted by atomic mass is 10.1. The topological polar surface area (TPSA) is 61.8 Å². The predicted octanol–water partition coefficient (Wildman–Crippen LogP) is 3.85. The Balaban J connectivity index is 2.34. The average Bonchev–Trinajstić information content (AvgIpc) is 2.36. The number of nitrogens with one attached hydrogen (secondary N) is 1. The van der Waals surface area contributed by atoms with Crippen LogP contribution in [0.5, 0.6) is 0 Å². The smallest absolute Gasteiger partial charge is 0.0992 e. The van der Waals surface area contributed by atoms with E-state index in [1.165, 1.54) is 0 Å². The largest absolute Gasteiger partial charge is 0.397 e. The number of rotatable bonds is 2. The highest BCUT2D eigenvalue weighted by Gasteiger charge is 2.04. The maximum Gasteiger partial charge on any atom is 0.0992 e. The molecule has 0 amide bonds. The van der Waals surface area contributed by atoms with E-state index >= 15 is 0 Å². The van der Waals surface area contributed by atoms with Crippen molar-refractivity contribution < 1.29 is 0 Å². The molecule has 0 aliphatic rings. The van der Waals surface area contributed by atoms with Crippen LogP contribution in [0.2, 0.25) is 5.02 Å². The van der Waals surface area contributed by atoms with Crippen LogP contribution < -0.4 is 11.1 Å². The molecule has 0 radical (unpaired) electrons. The monoisotopic (exact) mass is 257 g/mol. The highest BCUT2D eigenvalue weighted by molar-refractivity contribution is 6.30. The van der Waals surface area contributed by atoms with E-state index in [9.17, 15) is 0 Å². The van der Waals surface area contributed by atoms with Crippen LogP contribution in [0.25, 0.3) is 0 Å². The second-order valence-electron chi connectivity index (χ2n) is 4.00. The standard InChI is InChI=1S/C14H12ClN3/c1-9-2-4-11(15)7-14(9)18-13-5-3-10(8-16)6-12(13)17/h2-7,18H,17H2,1H3. The molecule has 0 atom stereocenters. The van der Waals surface area contributed by atoms with Gasteiger partial charge >= 0.3 is 0 Å². The van der Waals surface area contributed by atoms with Gasteiger partial charge in [0, 0.05) is 10.7 Å². The van der Waals surface area contributed by atoms with Gasteiger partial charge in [0.05, 0.1) is 23.0 Å². The Kier molecular flexibility index (Phi) is 3.40. The van der Waals surface area contributed by atoms with Gasteiger partial charge in [-0.05, 0) is 42.8 Å². The van der Waals surface area contributed by atoms with Gasteiger partial charge in [0.25, 0.3) is 0 Å². The molecule has 0 fully saturated rings. The number of aryl methyl sites for hydroxylation is 1. The van der Waals surface area contributed by atoms with Gasteiger partial charge in [-0.1, -0.05) is 17.7 Å². The Morgan fingerprint density at radius 3 is 2.61 bits per heavy atom. The first-order chi connectivity index (χ1) is 8.60. The molecule has 0 aliphatic heterocycles. The van der Waals surface area contributed by atoms with Crippen molar-refractivity contribution >= 4 is 28.7 Å². The van der Waals surface area contributed by atoms with Crippen molar-refractivity contribution in [2.24, 2.45) is 0 Å². The van der Waals surface area contributed by atoms with E-state index in [1.807, 2.05) is 25.1 Å². The molecule has 2 aromatic rings. The molecule has 3 nitrogen and oxygen atoms in total. The number of nitrogen functional groups attached to an aromatic ring is 1. The van der Waals surface area contributed by atoms with Gasteiger partial charge in [0.1, 0.15) is 0 Å². The second kappa shape index (κ2) is 4.99. The SMILES string of the molecule is Cc1ccc(Cl)cc1Nc1ccc(C#N)cc1N. The first kappa shape index (κ1) is 12.3. The molecule has 3 N–H and O–H groups in total. The fourth-order valence-corrected chi connectivity index (χ4v) is 1.79. The number of anilines is 3. The third kappa shape index (κ3) is 2.55. The maximum atomic E-state index is 8.78. The molecule has 0 aliphatic carbocycles. The second-order valence-corrected chi connectivity index (χ2v) is 4.43. The van der Waals surface area contributed by atoms with Crippen molar-refractivity contribution in [3.63, 3.8) is 0 Å². The number of hydrogen-bond acceptors (Lipinski definition) is 3. The molecule has 0 saturated heterocycles. The van der Waals surface area contributed by atoms with Gasteiger partial charge in [-0.2, -0.15) is 5.26 Å². The molecule has 0 aromatic heterocycles. The zero-order chi connectivity index (χ0) is 13.1. The molecule has 2 rings (SSSR count). The van der Waals surface area contributed by atoms with Gasteiger partial charge in [-0.15, -0.1) is 0 Å². The lowest BCUT2D eigenvalue weighted by molar-refractivity contribution is 1.42. The number of benzene rings is 2. The summed E-state index contributed by atoms with van der Waals surface area (Å²) in [6.45, 7) is 1.98. The highest BCUT2D eigenvalue weighted by Crippen LogP contribution is 2.27. The fraction of sp³-hybridized carbons (Fsp3) is 0.0714. The minimum Gasteiger partial charge on any atom is -0.397 e. The van der Waals surface area contributed by atoms with Crippen LogP contribution in [0.15, 0.2) is 36.4 Å². The minimum absolute atomic E-state index is 0.536. The van der Waals surface area contributed by atoms with Crippen molar-refractivity contribution in [1.82, 2.24) is 0 Å². The van der Waals surface area contributed by atoms with Crippen molar-refractivity contribution in [2.75, 3.05) is 11.1 Å². The van der Waals surface area contributed by atoms with Crippen LogP contribution in [-0.4, -0.2) is 0 Å². The number of halogens is 1. The number of nitrogens with zero attached hydrogens (tertiary/aromatic N) is 1. The fourth-order valence-electron chi connectivity index (χ4n) is 1.62. The average molecular weight is 258 g/mol. The van der Waals surface area contributed by atoms with Gasteiger partial charge in [0.2, 0.25) is 0 Å². The van der Waals surface area contributed by atoms with E-state index in [4.69, 9.17) is 22.6 Å². The first-order valence-electron chi connectivity index (χ1n) is 5.43. The van der Waals surface area contributed by atoms with Gasteiger partial charge in [-0.25, -0.2) is 0 Å². The van der Waals surface area contributed by atoms with Crippen LogP contribution in [0.4, 0.5) is 17.1 Å². The number of nitrogens with two attached hydrogens (primary N) is 1. The maximum absolute atomic E-state index is 8.78. The molecule has 0 spiro atoms. The summed E-state index contributed by atoms with van der Waals surface area (Å²) < 4.78 is 0. The molecule has 0 unspecified atom stereocenters. The Bertz CT molecular complexity index is 629. The Hall–Kier alpha value is -2.18. The molecule has 18 heavy (non-hydrogen) atoms. The Morgan fingerprint density at radius 2 is 1.94 bits per heavy atom. The molecular weight excluding hydrogens is 246 g/mol. The molecule has 0 heterocycles. The Morgan fingerprint density at radius 1 is 1.17 bits per heavy atom. The molecule has 2 aromatic carbocycles. The summed E-state index contributed by atoms with van der Waals surface area (Å²) >= 11 is 5.96. The van der Waals surface area contributed by atoms with E-state index in [1.54, 1.807) is 18.2 Å². The molecule has 4 heteroatoms. The first-order valence-corrected chi connectivity index (χ1v) is 5.81. The summed E-state index contributed by atoms with van der Waals surface area (Å²) in [5.74, 6) is 0. The van der Waals surface area contributed by atoms with Gasteiger partial charge in [-0.3, -0.25) is 0 Å². The molecule has 0 bridgehead atoms. The normalized spacial score (nSPS) is 9.83. The van der Waals surface area contributed by atoms with Crippen molar-refractivity contribution in [3.05, 3.63) is 52.5 Å². The number of hydrogen-bond donors (Lipinski definition) is 2. The zero-order valence-electron chi connectivity index (χ0n) is 9.87. The van der Waals surface area contributed by atoms with Crippen LogP contribution in [-0.2, 0) is 0 Å². The Labute approximate surface area is 111 Å². The lowest BCUT2D eigenvalue weighted by Gasteiger charge is -2.12. The minimum atomic E-state index is 0.536. The zero-order valence-corrected chi connectivity index (χ0v) is 10.6. The van der Waals surface area contributed by atoms with Crippen molar-refractivity contribution in [1.29, 1.82) is 5.26 Å². The van der Waals surface area contributed by atoms with E-state index < -0.39 is 0 Å². The predicted molar refractivity (Wildman–Crippen MR) is 75.0 cm³/mol. The van der Waals surface area contributed by atoms with E-state index in [-0.39, 0.29) is 0 Å². The van der Waals surface area contributed by atoms with Crippen LogP contribution in [0.1, 0.15) is 11.1 Å². The van der Waals surface area contributed by atoms with Crippen LogP contribution in [0, 0.1) is 18.3 Å². The van der Waals surface area contributed by atoms with Crippen molar-refractivity contribution in [3.8, 4) is 6.07 Å². The van der Waals surface area contributed by atoms with E-state index in [0.717, 1.165) is 16.9 Å². The summed E-state index contributed by atoms with van der Waals surface area (Å²) in [7, 11) is 0. The summed E-state index contributed by atoms with van der Waals surface area (Å²) in [4.78, 5) is 0. The third-order valence-electron chi connectivity index (χ3n) is 2.65. The van der Waals surface area contributed by atoms with Gasteiger partial charge < -0.3 is 11.1 Å². The van der Waals surface area contributed by atoms with Crippen molar-refractivity contribution in [2.45, 2.75) is 6.92 Å². The summed E-state index contributed by atoms with van der Waals surface area (Å²) in [5.41, 5.74) is 9.70. The third-order valence-corrected chi connectivity index (χ3v) is 2.88. The summed E-state index contributed by atoms with van der Waals surface area (Å²) in [5, 5.41) is 12.7. The number of nitriles is 1. The van der Waals surface area contributed by atoms with Crippen LogP contribution in [0.3, 0.4) is 0 Å². The van der Waals surface area contributed by atoms with E-state index in [0.29, 0.717) is 16.3 Å². The molecule has 90 valence electrons. The quantitative estimate of drug-likeness (QED) is 0.804. The van der Waals surface area contributed by atoms with Crippen LogP contribution >= 0.6 is 11.6 Å². The van der Waals surface area contributed by atoms with Gasteiger partial charge in [0.15, 0.2) is 0 Å². The summed E-state index contributed by atoms with van der Waals surface area (Å²) in [6.07, 6.45) is 0. The highest BCUT2D eigenvalue weighted by atomic mass is 35.5. The van der Waals surface area contributed by atoms with E-state index in [2.05, 4.69) is 11.4 Å².